The van der Waals surface area contributed by atoms with E-state index in [-0.39, 0.29) is 5.91 Å². The van der Waals surface area contributed by atoms with Crippen molar-refractivity contribution in [1.29, 1.82) is 0 Å². The van der Waals surface area contributed by atoms with Gasteiger partial charge in [-0.2, -0.15) is 4.98 Å². The lowest BCUT2D eigenvalue weighted by Gasteiger charge is -2.14. The molecule has 0 aliphatic carbocycles. The van der Waals surface area contributed by atoms with Crippen molar-refractivity contribution in [3.63, 3.8) is 0 Å². The Morgan fingerprint density at radius 3 is 2.73 bits per heavy atom. The molecule has 5 nitrogen and oxygen atoms in total. The van der Waals surface area contributed by atoms with Crippen molar-refractivity contribution in [3.05, 3.63) is 71.6 Å². The van der Waals surface area contributed by atoms with E-state index >= 15 is 0 Å². The minimum atomic E-state index is 0.0428. The first-order chi connectivity index (χ1) is 12.6. The van der Waals surface area contributed by atoms with E-state index < -0.39 is 0 Å². The third-order valence-electron chi connectivity index (χ3n) is 3.88. The summed E-state index contributed by atoms with van der Waals surface area (Å²) in [6, 6.07) is 18.0. The summed E-state index contributed by atoms with van der Waals surface area (Å²) in [7, 11) is 1.75. The van der Waals surface area contributed by atoms with Crippen molar-refractivity contribution in [1.82, 2.24) is 15.0 Å². The van der Waals surface area contributed by atoms with Gasteiger partial charge in [0, 0.05) is 18.4 Å². The molecule has 1 aromatic heterocycles. The van der Waals surface area contributed by atoms with Crippen LogP contribution < -0.4 is 0 Å². The first-order valence-corrected chi connectivity index (χ1v) is 9.52. The second-order valence-corrected chi connectivity index (χ2v) is 7.09. The van der Waals surface area contributed by atoms with Crippen molar-refractivity contribution in [2.75, 3.05) is 12.8 Å². The first kappa shape index (κ1) is 18.2. The summed E-state index contributed by atoms with van der Waals surface area (Å²) in [5, 5.41) is 4.01. The number of carbonyl (C=O) groups excluding carboxylic acids is 1. The molecule has 1 heterocycles. The SMILES string of the molecule is Cc1cccc(-c2noc(CN(C)C(=O)CSCc3ccccc3)n2)c1. The number of thioether (sulfide) groups is 1. The van der Waals surface area contributed by atoms with Crippen LogP contribution in [0.5, 0.6) is 0 Å². The van der Waals surface area contributed by atoms with Gasteiger partial charge in [0.1, 0.15) is 0 Å². The Balaban J connectivity index is 1.51. The van der Waals surface area contributed by atoms with Crippen LogP contribution >= 0.6 is 11.8 Å². The minimum Gasteiger partial charge on any atom is -0.337 e. The lowest BCUT2D eigenvalue weighted by Crippen LogP contribution is -2.28. The van der Waals surface area contributed by atoms with E-state index in [1.165, 1.54) is 5.56 Å². The van der Waals surface area contributed by atoms with Crippen LogP contribution in [-0.2, 0) is 17.1 Å². The zero-order valence-corrected chi connectivity index (χ0v) is 15.7. The van der Waals surface area contributed by atoms with E-state index in [0.717, 1.165) is 16.9 Å². The van der Waals surface area contributed by atoms with Gasteiger partial charge in [0.15, 0.2) is 0 Å². The van der Waals surface area contributed by atoms with Gasteiger partial charge in [-0.25, -0.2) is 0 Å². The highest BCUT2D eigenvalue weighted by Gasteiger charge is 2.14. The molecule has 6 heteroatoms. The minimum absolute atomic E-state index is 0.0428. The maximum absolute atomic E-state index is 12.3. The molecule has 0 unspecified atom stereocenters. The first-order valence-electron chi connectivity index (χ1n) is 8.37. The van der Waals surface area contributed by atoms with Gasteiger partial charge >= 0.3 is 0 Å². The van der Waals surface area contributed by atoms with Crippen LogP contribution in [0.1, 0.15) is 17.0 Å². The topological polar surface area (TPSA) is 59.2 Å². The monoisotopic (exact) mass is 367 g/mol. The average Bonchev–Trinajstić information content (AvgIpc) is 3.11. The number of hydrogen-bond donors (Lipinski definition) is 0. The van der Waals surface area contributed by atoms with Gasteiger partial charge in [0.25, 0.3) is 0 Å². The largest absolute Gasteiger partial charge is 0.337 e. The predicted molar refractivity (Wildman–Crippen MR) is 104 cm³/mol. The van der Waals surface area contributed by atoms with E-state index in [1.807, 2.05) is 49.4 Å². The fraction of sp³-hybridized carbons (Fsp3) is 0.250. The van der Waals surface area contributed by atoms with Crippen molar-refractivity contribution < 1.29 is 9.32 Å². The van der Waals surface area contributed by atoms with Gasteiger partial charge in [0.05, 0.1) is 12.3 Å². The number of aryl methyl sites for hydroxylation is 1. The van der Waals surface area contributed by atoms with Gasteiger partial charge < -0.3 is 9.42 Å². The highest BCUT2D eigenvalue weighted by atomic mass is 32.2. The zero-order chi connectivity index (χ0) is 18.4. The van der Waals surface area contributed by atoms with E-state index in [4.69, 9.17) is 4.52 Å². The highest BCUT2D eigenvalue weighted by molar-refractivity contribution is 7.99. The highest BCUT2D eigenvalue weighted by Crippen LogP contribution is 2.18. The van der Waals surface area contributed by atoms with Crippen LogP contribution in [0.4, 0.5) is 0 Å². The van der Waals surface area contributed by atoms with Gasteiger partial charge in [-0.05, 0) is 18.6 Å². The molecule has 0 radical (unpaired) electrons. The molecule has 134 valence electrons. The number of rotatable bonds is 7. The lowest BCUT2D eigenvalue weighted by molar-refractivity contribution is -0.127. The molecule has 26 heavy (non-hydrogen) atoms. The molecule has 0 saturated carbocycles. The fourth-order valence-electron chi connectivity index (χ4n) is 2.45. The van der Waals surface area contributed by atoms with Crippen LogP contribution in [0.15, 0.2) is 59.1 Å². The molecule has 0 bridgehead atoms. The Labute approximate surface area is 157 Å². The Morgan fingerprint density at radius 2 is 1.96 bits per heavy atom. The number of benzene rings is 2. The standard InChI is InChI=1S/C20H21N3O2S/c1-15-7-6-10-17(11-15)20-21-18(25-22-20)12-23(2)19(24)14-26-13-16-8-4-3-5-9-16/h3-11H,12-14H2,1-2H3. The van der Waals surface area contributed by atoms with Crippen LogP contribution in [0.25, 0.3) is 11.4 Å². The smallest absolute Gasteiger partial charge is 0.246 e. The summed E-state index contributed by atoms with van der Waals surface area (Å²) in [5.41, 5.74) is 3.26. The quantitative estimate of drug-likeness (QED) is 0.633. The Kier molecular flexibility index (Phi) is 6.07. The Bertz CT molecular complexity index is 864. The summed E-state index contributed by atoms with van der Waals surface area (Å²) in [4.78, 5) is 18.3. The van der Waals surface area contributed by atoms with Crippen LogP contribution in [0.2, 0.25) is 0 Å². The van der Waals surface area contributed by atoms with E-state index in [0.29, 0.717) is 24.0 Å². The molecular weight excluding hydrogens is 346 g/mol. The lowest BCUT2D eigenvalue weighted by atomic mass is 10.1. The summed E-state index contributed by atoms with van der Waals surface area (Å²) in [5.74, 6) is 2.26. The van der Waals surface area contributed by atoms with Crippen molar-refractivity contribution in [3.8, 4) is 11.4 Å². The van der Waals surface area contributed by atoms with Crippen LogP contribution in [-0.4, -0.2) is 33.7 Å². The summed E-state index contributed by atoms with van der Waals surface area (Å²) >= 11 is 1.60. The fourth-order valence-corrected chi connectivity index (χ4v) is 3.38. The van der Waals surface area contributed by atoms with Gasteiger partial charge in [-0.3, -0.25) is 4.79 Å². The molecule has 0 spiro atoms. The predicted octanol–water partition coefficient (Wildman–Crippen LogP) is 3.94. The number of aromatic nitrogens is 2. The summed E-state index contributed by atoms with van der Waals surface area (Å²) < 4.78 is 5.29. The summed E-state index contributed by atoms with van der Waals surface area (Å²) in [6.07, 6.45) is 0. The summed E-state index contributed by atoms with van der Waals surface area (Å²) in [6.45, 7) is 2.33. The zero-order valence-electron chi connectivity index (χ0n) is 14.9. The third kappa shape index (κ3) is 4.95. The van der Waals surface area contributed by atoms with Crippen LogP contribution in [0.3, 0.4) is 0 Å². The number of amides is 1. The molecule has 3 rings (SSSR count). The number of nitrogens with zero attached hydrogens (tertiary/aromatic N) is 3. The molecular formula is C20H21N3O2S. The van der Waals surface area contributed by atoms with Gasteiger partial charge in [-0.15, -0.1) is 11.8 Å². The third-order valence-corrected chi connectivity index (χ3v) is 4.87. The molecule has 0 aliphatic heterocycles. The van der Waals surface area contributed by atoms with Crippen LogP contribution in [0, 0.1) is 6.92 Å². The molecule has 2 aromatic carbocycles. The van der Waals surface area contributed by atoms with E-state index in [1.54, 1.807) is 23.7 Å². The average molecular weight is 367 g/mol. The normalized spacial score (nSPS) is 10.7. The van der Waals surface area contributed by atoms with Crippen molar-refractivity contribution in [2.24, 2.45) is 0 Å². The van der Waals surface area contributed by atoms with Gasteiger partial charge in [0.2, 0.25) is 17.6 Å². The van der Waals surface area contributed by atoms with Crippen molar-refractivity contribution in [2.45, 2.75) is 19.2 Å². The Morgan fingerprint density at radius 1 is 1.15 bits per heavy atom. The van der Waals surface area contributed by atoms with Crippen molar-refractivity contribution >= 4 is 17.7 Å². The second kappa shape index (κ2) is 8.67. The molecule has 0 saturated heterocycles. The molecule has 0 fully saturated rings. The van der Waals surface area contributed by atoms with Gasteiger partial charge in [-0.1, -0.05) is 59.3 Å². The number of carbonyl (C=O) groups is 1. The molecule has 0 N–H and O–H groups in total. The second-order valence-electron chi connectivity index (χ2n) is 6.11. The van der Waals surface area contributed by atoms with E-state index in [9.17, 15) is 4.79 Å². The maximum atomic E-state index is 12.3. The molecule has 1 amide bonds. The molecule has 0 aliphatic rings. The number of hydrogen-bond acceptors (Lipinski definition) is 5. The van der Waals surface area contributed by atoms with E-state index in [2.05, 4.69) is 22.3 Å². The Hall–Kier alpha value is -2.60. The molecule has 0 atom stereocenters. The maximum Gasteiger partial charge on any atom is 0.246 e. The molecule has 3 aromatic rings.